The van der Waals surface area contributed by atoms with Gasteiger partial charge in [0.05, 0.1) is 28.0 Å². The first-order chi connectivity index (χ1) is 12.5. The lowest BCUT2D eigenvalue weighted by Gasteiger charge is -2.07. The highest BCUT2D eigenvalue weighted by Gasteiger charge is 2.10. The number of carbonyl (C=O) groups is 1. The first-order valence-electron chi connectivity index (χ1n) is 8.15. The van der Waals surface area contributed by atoms with Gasteiger partial charge in [-0.05, 0) is 59.6 Å². The number of hydrogen-bond acceptors (Lipinski definition) is 5. The van der Waals surface area contributed by atoms with Crippen LogP contribution in [0.1, 0.15) is 27.5 Å². The smallest absolute Gasteiger partial charge is 0.224 e. The second kappa shape index (κ2) is 8.51. The van der Waals surface area contributed by atoms with E-state index in [0.29, 0.717) is 19.6 Å². The van der Waals surface area contributed by atoms with Gasteiger partial charge in [-0.25, -0.2) is 0 Å². The number of nitrogens with one attached hydrogen (secondary N) is 1. The topological polar surface area (TPSA) is 64.4 Å². The lowest BCUT2D eigenvalue weighted by atomic mass is 10.1. The number of benzene rings is 1. The molecule has 0 saturated carbocycles. The van der Waals surface area contributed by atoms with E-state index in [1.54, 1.807) is 11.3 Å². The molecule has 1 N–H and O–H groups in total. The predicted octanol–water partition coefficient (Wildman–Crippen LogP) is 4.55. The van der Waals surface area contributed by atoms with Crippen molar-refractivity contribution in [2.75, 3.05) is 0 Å². The van der Waals surface area contributed by atoms with Gasteiger partial charge in [0.25, 0.3) is 0 Å². The van der Waals surface area contributed by atoms with E-state index >= 15 is 0 Å². The van der Waals surface area contributed by atoms with Gasteiger partial charge >= 0.3 is 0 Å². The quantitative estimate of drug-likeness (QED) is 0.591. The number of hydrogen-bond donors (Lipinski definition) is 1. The van der Waals surface area contributed by atoms with E-state index in [2.05, 4.69) is 26.4 Å². The molecule has 1 amide bonds. The molecule has 2 aromatic heterocycles. The second-order valence-electron chi connectivity index (χ2n) is 5.89. The molecule has 0 fully saturated rings. The molecule has 7 heteroatoms. The van der Waals surface area contributed by atoms with Crippen LogP contribution in [0.2, 0.25) is 0 Å². The van der Waals surface area contributed by atoms with Crippen LogP contribution in [0, 0.1) is 13.8 Å². The van der Waals surface area contributed by atoms with Crippen LogP contribution >= 0.6 is 27.3 Å². The Labute approximate surface area is 164 Å². The summed E-state index contributed by atoms with van der Waals surface area (Å²) in [5.41, 5.74) is 2.75. The van der Waals surface area contributed by atoms with Gasteiger partial charge < -0.3 is 14.6 Å². The van der Waals surface area contributed by atoms with E-state index in [1.165, 1.54) is 0 Å². The van der Waals surface area contributed by atoms with Crippen molar-refractivity contribution in [3.8, 4) is 5.75 Å². The molecule has 0 aliphatic carbocycles. The maximum atomic E-state index is 12.1. The number of carbonyl (C=O) groups excluding carboxylic acids is 1. The van der Waals surface area contributed by atoms with Gasteiger partial charge in [-0.2, -0.15) is 0 Å². The van der Waals surface area contributed by atoms with Crippen LogP contribution in [0.3, 0.4) is 0 Å². The number of ether oxygens (including phenoxy) is 1. The first-order valence-corrected chi connectivity index (χ1v) is 9.76. The second-order valence-corrected chi connectivity index (χ2v) is 8.44. The van der Waals surface area contributed by atoms with Crippen LogP contribution in [0.25, 0.3) is 0 Å². The summed E-state index contributed by atoms with van der Waals surface area (Å²) in [5, 5.41) is 6.85. The Balaban J connectivity index is 1.48. The van der Waals surface area contributed by atoms with Crippen LogP contribution in [0.15, 0.2) is 44.7 Å². The Kier molecular flexibility index (Phi) is 6.11. The zero-order chi connectivity index (χ0) is 18.5. The fourth-order valence-corrected chi connectivity index (χ4v) is 3.87. The van der Waals surface area contributed by atoms with E-state index in [4.69, 9.17) is 9.26 Å². The molecule has 0 aliphatic rings. The zero-order valence-electron chi connectivity index (χ0n) is 14.5. The molecule has 0 aliphatic heterocycles. The molecule has 0 bridgehead atoms. The third-order valence-corrected chi connectivity index (χ3v) is 5.56. The third kappa shape index (κ3) is 4.95. The van der Waals surface area contributed by atoms with Gasteiger partial charge in [0.1, 0.15) is 18.1 Å². The van der Waals surface area contributed by atoms with E-state index in [1.807, 2.05) is 50.2 Å². The molecule has 0 unspecified atom stereocenters. The maximum Gasteiger partial charge on any atom is 0.224 e. The molecule has 26 heavy (non-hydrogen) atoms. The number of halogens is 1. The molecular formula is C19H19BrN2O3S. The average Bonchev–Trinajstić information content (AvgIpc) is 3.18. The molecule has 0 radical (unpaired) electrons. The highest BCUT2D eigenvalue weighted by Crippen LogP contribution is 2.22. The molecule has 0 spiro atoms. The van der Waals surface area contributed by atoms with E-state index in [9.17, 15) is 4.79 Å². The summed E-state index contributed by atoms with van der Waals surface area (Å²) in [4.78, 5) is 13.2. The van der Waals surface area contributed by atoms with Crippen molar-refractivity contribution in [2.24, 2.45) is 0 Å². The SMILES string of the molecule is Cc1noc(C)c1COc1ccc(CC(=O)NCc2ccc(Br)s2)cc1. The number of amides is 1. The number of aromatic nitrogens is 1. The van der Waals surface area contributed by atoms with Crippen LogP contribution < -0.4 is 10.1 Å². The minimum Gasteiger partial charge on any atom is -0.489 e. The van der Waals surface area contributed by atoms with Crippen LogP contribution in [0.5, 0.6) is 5.75 Å². The average molecular weight is 435 g/mol. The molecule has 1 aromatic carbocycles. The number of nitrogens with zero attached hydrogens (tertiary/aromatic N) is 1. The Hall–Kier alpha value is -2.12. The van der Waals surface area contributed by atoms with Crippen LogP contribution in [-0.4, -0.2) is 11.1 Å². The fraction of sp³-hybridized carbons (Fsp3) is 0.263. The molecule has 0 saturated heterocycles. The molecule has 5 nitrogen and oxygen atoms in total. The van der Waals surface area contributed by atoms with Gasteiger partial charge in [0, 0.05) is 4.88 Å². The lowest BCUT2D eigenvalue weighted by molar-refractivity contribution is -0.120. The number of thiophene rings is 1. The molecule has 136 valence electrons. The highest BCUT2D eigenvalue weighted by atomic mass is 79.9. The van der Waals surface area contributed by atoms with Crippen LogP contribution in [0.4, 0.5) is 0 Å². The summed E-state index contributed by atoms with van der Waals surface area (Å²) in [6, 6.07) is 11.5. The summed E-state index contributed by atoms with van der Waals surface area (Å²) in [7, 11) is 0. The Bertz CT molecular complexity index is 867. The first kappa shape index (κ1) is 18.7. The molecule has 3 aromatic rings. The molecule has 0 atom stereocenters. The summed E-state index contributed by atoms with van der Waals surface area (Å²) in [6.07, 6.45) is 0.344. The number of rotatable bonds is 7. The van der Waals surface area contributed by atoms with Crippen molar-refractivity contribution in [3.63, 3.8) is 0 Å². The molecular weight excluding hydrogens is 416 g/mol. The van der Waals surface area contributed by atoms with E-state index < -0.39 is 0 Å². The minimum atomic E-state index is -0.00101. The summed E-state index contributed by atoms with van der Waals surface area (Å²) in [5.74, 6) is 1.52. The Morgan fingerprint density at radius 1 is 1.23 bits per heavy atom. The van der Waals surface area contributed by atoms with Crippen molar-refractivity contribution >= 4 is 33.2 Å². The summed E-state index contributed by atoms with van der Waals surface area (Å²) >= 11 is 5.04. The lowest BCUT2D eigenvalue weighted by Crippen LogP contribution is -2.24. The Morgan fingerprint density at radius 2 is 2.00 bits per heavy atom. The van der Waals surface area contributed by atoms with Crippen molar-refractivity contribution < 1.29 is 14.1 Å². The Morgan fingerprint density at radius 3 is 2.62 bits per heavy atom. The summed E-state index contributed by atoms with van der Waals surface area (Å²) < 4.78 is 12.0. The van der Waals surface area contributed by atoms with Crippen molar-refractivity contribution in [1.29, 1.82) is 0 Å². The highest BCUT2D eigenvalue weighted by molar-refractivity contribution is 9.11. The predicted molar refractivity (Wildman–Crippen MR) is 104 cm³/mol. The molecule has 2 heterocycles. The summed E-state index contributed by atoms with van der Waals surface area (Å²) in [6.45, 7) is 4.73. The maximum absolute atomic E-state index is 12.1. The van der Waals surface area contributed by atoms with Gasteiger partial charge in [-0.1, -0.05) is 17.3 Å². The normalized spacial score (nSPS) is 10.7. The largest absolute Gasteiger partial charge is 0.489 e. The van der Waals surface area contributed by atoms with Crippen molar-refractivity contribution in [2.45, 2.75) is 33.4 Å². The zero-order valence-corrected chi connectivity index (χ0v) is 16.9. The van der Waals surface area contributed by atoms with Crippen molar-refractivity contribution in [3.05, 3.63) is 67.6 Å². The van der Waals surface area contributed by atoms with Crippen LogP contribution in [-0.2, 0) is 24.4 Å². The van der Waals surface area contributed by atoms with Gasteiger partial charge in [-0.15, -0.1) is 11.3 Å². The van der Waals surface area contributed by atoms with E-state index in [-0.39, 0.29) is 5.91 Å². The van der Waals surface area contributed by atoms with Gasteiger partial charge in [0.2, 0.25) is 5.91 Å². The fourth-order valence-electron chi connectivity index (χ4n) is 2.45. The molecule has 3 rings (SSSR count). The van der Waals surface area contributed by atoms with E-state index in [0.717, 1.165) is 37.0 Å². The van der Waals surface area contributed by atoms with Gasteiger partial charge in [-0.3, -0.25) is 4.79 Å². The van der Waals surface area contributed by atoms with Crippen molar-refractivity contribution in [1.82, 2.24) is 10.5 Å². The minimum absolute atomic E-state index is 0.00101. The third-order valence-electron chi connectivity index (χ3n) is 3.94. The number of aryl methyl sites for hydroxylation is 2. The standard InChI is InChI=1S/C19H19BrN2O3S/c1-12-17(13(2)25-22-12)11-24-15-5-3-14(4-6-15)9-19(23)21-10-16-7-8-18(20)26-16/h3-8H,9-11H2,1-2H3,(H,21,23). The van der Waals surface area contributed by atoms with Gasteiger partial charge in [0.15, 0.2) is 0 Å². The monoisotopic (exact) mass is 434 g/mol.